The van der Waals surface area contributed by atoms with Crippen LogP contribution in [-0.2, 0) is 21.4 Å². The maximum absolute atomic E-state index is 12.0. The molecule has 0 aliphatic carbocycles. The summed E-state index contributed by atoms with van der Waals surface area (Å²) in [5.74, 6) is -1.07. The summed E-state index contributed by atoms with van der Waals surface area (Å²) < 4.78 is 6.99. The van der Waals surface area contributed by atoms with Crippen LogP contribution >= 0.6 is 0 Å². The minimum absolute atomic E-state index is 0.0881. The van der Waals surface area contributed by atoms with Crippen molar-refractivity contribution in [2.75, 3.05) is 19.7 Å². The third-order valence-electron chi connectivity index (χ3n) is 3.11. The molecule has 0 saturated carbocycles. The summed E-state index contributed by atoms with van der Waals surface area (Å²) in [4.78, 5) is 24.3. The second-order valence-corrected chi connectivity index (χ2v) is 4.59. The molecule has 0 aromatic carbocycles. The molecule has 1 aromatic heterocycles. The van der Waals surface area contributed by atoms with Crippen LogP contribution in [0.5, 0.6) is 0 Å². The van der Waals surface area contributed by atoms with Crippen LogP contribution in [0.3, 0.4) is 0 Å². The Morgan fingerprint density at radius 2 is 2.40 bits per heavy atom. The lowest BCUT2D eigenvalue weighted by molar-refractivity contribution is -0.145. The molecule has 1 saturated heterocycles. The molecule has 1 atom stereocenters. The van der Waals surface area contributed by atoms with E-state index in [4.69, 9.17) is 9.84 Å². The third-order valence-corrected chi connectivity index (χ3v) is 3.11. The van der Waals surface area contributed by atoms with Gasteiger partial charge in [0.05, 0.1) is 24.8 Å². The van der Waals surface area contributed by atoms with Gasteiger partial charge in [0, 0.05) is 32.4 Å². The van der Waals surface area contributed by atoms with Crippen LogP contribution in [0.2, 0.25) is 0 Å². The van der Waals surface area contributed by atoms with Crippen LogP contribution in [0.15, 0.2) is 18.3 Å². The first-order valence-corrected chi connectivity index (χ1v) is 6.34. The van der Waals surface area contributed by atoms with E-state index in [1.807, 2.05) is 0 Å². The van der Waals surface area contributed by atoms with Crippen molar-refractivity contribution in [2.45, 2.75) is 12.5 Å². The van der Waals surface area contributed by atoms with Crippen LogP contribution in [0, 0.1) is 0 Å². The Morgan fingerprint density at radius 3 is 3.05 bits per heavy atom. The number of carboxylic acids is 1. The van der Waals surface area contributed by atoms with Crippen LogP contribution in [-0.4, -0.2) is 57.5 Å². The number of aliphatic carboxylic acids is 1. The number of nitrogens with zero attached hydrogens (tertiary/aromatic N) is 3. The van der Waals surface area contributed by atoms with Gasteiger partial charge in [-0.15, -0.1) is 0 Å². The number of rotatable bonds is 4. The number of carboxylic acid groups (broad SMARTS) is 1. The van der Waals surface area contributed by atoms with E-state index >= 15 is 0 Å². The molecule has 20 heavy (non-hydrogen) atoms. The lowest BCUT2D eigenvalue weighted by Gasteiger charge is -2.31. The molecule has 1 aliphatic rings. The highest BCUT2D eigenvalue weighted by Crippen LogP contribution is 2.10. The topological polar surface area (TPSA) is 84.7 Å². The van der Waals surface area contributed by atoms with Crippen molar-refractivity contribution in [1.82, 2.24) is 14.7 Å². The van der Waals surface area contributed by atoms with Gasteiger partial charge in [-0.05, 0) is 12.1 Å². The molecule has 1 N–H and O–H groups in total. The summed E-state index contributed by atoms with van der Waals surface area (Å²) in [7, 11) is 1.79. The van der Waals surface area contributed by atoms with Gasteiger partial charge < -0.3 is 14.7 Å². The summed E-state index contributed by atoms with van der Waals surface area (Å²) in [5.41, 5.74) is 0.827. The van der Waals surface area contributed by atoms with Gasteiger partial charge in [-0.25, -0.2) is 0 Å². The van der Waals surface area contributed by atoms with Crippen molar-refractivity contribution in [3.63, 3.8) is 0 Å². The van der Waals surface area contributed by atoms with Crippen molar-refractivity contribution < 1.29 is 19.4 Å². The maximum atomic E-state index is 12.0. The highest BCUT2D eigenvalue weighted by atomic mass is 16.5. The number of carbonyl (C=O) groups is 2. The lowest BCUT2D eigenvalue weighted by Crippen LogP contribution is -2.45. The Bertz CT molecular complexity index is 523. The second kappa shape index (κ2) is 6.33. The van der Waals surface area contributed by atoms with Crippen LogP contribution in [0.25, 0.3) is 6.08 Å². The van der Waals surface area contributed by atoms with Crippen LogP contribution < -0.4 is 0 Å². The molecular formula is C13H17N3O4. The molecule has 0 radical (unpaired) electrons. The van der Waals surface area contributed by atoms with E-state index < -0.39 is 12.1 Å². The Kier molecular flexibility index (Phi) is 4.52. The SMILES string of the molecule is Cn1nccc1C=CC(=O)N1CCOC(CC(=O)O)C1. The first-order valence-electron chi connectivity index (χ1n) is 6.34. The van der Waals surface area contributed by atoms with Crippen molar-refractivity contribution >= 4 is 18.0 Å². The van der Waals surface area contributed by atoms with Crippen molar-refractivity contribution in [1.29, 1.82) is 0 Å². The molecular weight excluding hydrogens is 262 g/mol. The van der Waals surface area contributed by atoms with Crippen molar-refractivity contribution in [2.24, 2.45) is 7.05 Å². The number of morpholine rings is 1. The predicted molar refractivity (Wildman–Crippen MR) is 70.8 cm³/mol. The number of aromatic nitrogens is 2. The largest absolute Gasteiger partial charge is 0.481 e. The van der Waals surface area contributed by atoms with E-state index in [1.54, 1.807) is 35.0 Å². The highest BCUT2D eigenvalue weighted by Gasteiger charge is 2.24. The number of hydrogen-bond acceptors (Lipinski definition) is 4. The zero-order valence-corrected chi connectivity index (χ0v) is 11.2. The maximum Gasteiger partial charge on any atom is 0.306 e. The third kappa shape index (κ3) is 3.67. The van der Waals surface area contributed by atoms with Crippen molar-refractivity contribution in [3.05, 3.63) is 24.0 Å². The summed E-state index contributed by atoms with van der Waals surface area (Å²) in [6.45, 7) is 1.15. The molecule has 1 unspecified atom stereocenters. The fourth-order valence-corrected chi connectivity index (χ4v) is 2.05. The van der Waals surface area contributed by atoms with Gasteiger partial charge in [-0.1, -0.05) is 0 Å². The summed E-state index contributed by atoms with van der Waals surface area (Å²) in [6.07, 6.45) is 4.30. The average molecular weight is 279 g/mol. The van der Waals surface area contributed by atoms with Gasteiger partial charge in [0.1, 0.15) is 0 Å². The van der Waals surface area contributed by atoms with E-state index in [0.717, 1.165) is 5.69 Å². The number of ether oxygens (including phenoxy) is 1. The Labute approximate surface area is 116 Å². The van der Waals surface area contributed by atoms with Crippen LogP contribution in [0.4, 0.5) is 0 Å². The fraction of sp³-hybridized carbons (Fsp3) is 0.462. The first kappa shape index (κ1) is 14.3. The predicted octanol–water partition coefficient (Wildman–Crippen LogP) is 0.135. The van der Waals surface area contributed by atoms with E-state index in [1.165, 1.54) is 6.08 Å². The first-order chi connectivity index (χ1) is 9.56. The Hall–Kier alpha value is -2.15. The fourth-order valence-electron chi connectivity index (χ4n) is 2.05. The van der Waals surface area contributed by atoms with Gasteiger partial charge in [0.15, 0.2) is 0 Å². The molecule has 2 heterocycles. The normalized spacial score (nSPS) is 19.4. The van der Waals surface area contributed by atoms with Gasteiger partial charge in [0.2, 0.25) is 5.91 Å². The molecule has 0 bridgehead atoms. The van der Waals surface area contributed by atoms with E-state index in [-0.39, 0.29) is 12.3 Å². The van der Waals surface area contributed by atoms with E-state index in [9.17, 15) is 9.59 Å². The molecule has 1 aliphatic heterocycles. The molecule has 1 aromatic rings. The minimum atomic E-state index is -0.922. The molecule has 1 amide bonds. The van der Waals surface area contributed by atoms with Gasteiger partial charge >= 0.3 is 5.97 Å². The Morgan fingerprint density at radius 1 is 1.60 bits per heavy atom. The number of amides is 1. The lowest BCUT2D eigenvalue weighted by atomic mass is 10.2. The molecule has 1 fully saturated rings. The highest BCUT2D eigenvalue weighted by molar-refractivity contribution is 5.91. The second-order valence-electron chi connectivity index (χ2n) is 4.59. The quantitative estimate of drug-likeness (QED) is 0.792. The van der Waals surface area contributed by atoms with E-state index in [2.05, 4.69) is 5.10 Å². The zero-order chi connectivity index (χ0) is 14.5. The number of carbonyl (C=O) groups excluding carboxylic acids is 1. The van der Waals surface area contributed by atoms with Crippen LogP contribution in [0.1, 0.15) is 12.1 Å². The van der Waals surface area contributed by atoms with Crippen molar-refractivity contribution in [3.8, 4) is 0 Å². The average Bonchev–Trinajstić information content (AvgIpc) is 2.81. The number of aryl methyl sites for hydroxylation is 1. The number of hydrogen-bond donors (Lipinski definition) is 1. The molecule has 0 spiro atoms. The molecule has 7 heteroatoms. The minimum Gasteiger partial charge on any atom is -0.481 e. The molecule has 7 nitrogen and oxygen atoms in total. The molecule has 2 rings (SSSR count). The molecule has 108 valence electrons. The van der Waals surface area contributed by atoms with Gasteiger partial charge in [0.25, 0.3) is 0 Å². The zero-order valence-electron chi connectivity index (χ0n) is 11.2. The smallest absolute Gasteiger partial charge is 0.306 e. The van der Waals surface area contributed by atoms with Gasteiger partial charge in [-0.3, -0.25) is 14.3 Å². The summed E-state index contributed by atoms with van der Waals surface area (Å²) >= 11 is 0. The van der Waals surface area contributed by atoms with E-state index in [0.29, 0.717) is 19.7 Å². The summed E-state index contributed by atoms with van der Waals surface area (Å²) in [6, 6.07) is 1.80. The Balaban J connectivity index is 1.93. The standard InChI is InChI=1S/C13H17N3O4/c1-15-10(4-5-14-15)2-3-12(17)16-6-7-20-11(9-16)8-13(18)19/h2-5,11H,6-9H2,1H3,(H,18,19). The summed E-state index contributed by atoms with van der Waals surface area (Å²) in [5, 5.41) is 12.7. The monoisotopic (exact) mass is 279 g/mol. The van der Waals surface area contributed by atoms with Gasteiger partial charge in [-0.2, -0.15) is 5.10 Å².